The molecule has 3 aliphatic rings. The molecule has 6 rings (SSSR count). The zero-order chi connectivity index (χ0) is 28.0. The fourth-order valence-electron chi connectivity index (χ4n) is 6.14. The second-order valence-electron chi connectivity index (χ2n) is 10.7. The summed E-state index contributed by atoms with van der Waals surface area (Å²) in [7, 11) is 0. The average Bonchev–Trinajstić information content (AvgIpc) is 3.16. The lowest BCUT2D eigenvalue weighted by molar-refractivity contribution is -0.124. The van der Waals surface area contributed by atoms with Gasteiger partial charge in [-0.2, -0.15) is 0 Å². The summed E-state index contributed by atoms with van der Waals surface area (Å²) in [4.78, 5) is 42.3. The zero-order valence-corrected chi connectivity index (χ0v) is 22.1. The monoisotopic (exact) mass is 570 g/mol. The smallest absolute Gasteiger partial charge is 0.281 e. The number of aromatic nitrogens is 3. The van der Waals surface area contributed by atoms with E-state index in [1.54, 1.807) is 29.6 Å². The fraction of sp³-hybridized carbons (Fsp3) is 0.393. The zero-order valence-electron chi connectivity index (χ0n) is 21.4. The highest BCUT2D eigenvalue weighted by molar-refractivity contribution is 6.30. The number of carbonyl (C=O) groups is 2. The van der Waals surface area contributed by atoms with Crippen LogP contribution in [0.4, 0.5) is 24.7 Å². The number of alkyl halides is 2. The number of rotatable bonds is 6. The third kappa shape index (κ3) is 4.66. The summed E-state index contributed by atoms with van der Waals surface area (Å²) in [5.74, 6) is -0.241. The Kier molecular flexibility index (Phi) is 6.85. The fourth-order valence-corrected chi connectivity index (χ4v) is 6.30. The Morgan fingerprint density at radius 3 is 2.58 bits per heavy atom. The molecule has 0 bridgehead atoms. The third-order valence-electron chi connectivity index (χ3n) is 8.17. The third-order valence-corrected chi connectivity index (χ3v) is 8.38. The van der Waals surface area contributed by atoms with Crippen molar-refractivity contribution in [1.29, 1.82) is 0 Å². The second kappa shape index (κ2) is 10.3. The van der Waals surface area contributed by atoms with Crippen LogP contribution in [-0.2, 0) is 10.2 Å². The summed E-state index contributed by atoms with van der Waals surface area (Å²) in [6.07, 6.45) is 5.73. The topological polar surface area (TPSA) is 91.3 Å². The first kappa shape index (κ1) is 26.5. The molecule has 1 N–H and O–H groups in total. The Labute approximate surface area is 233 Å². The maximum Gasteiger partial charge on any atom is 0.281 e. The van der Waals surface area contributed by atoms with Gasteiger partial charge in [-0.3, -0.25) is 19.6 Å². The Morgan fingerprint density at radius 1 is 1.10 bits per heavy atom. The molecule has 2 aromatic heterocycles. The van der Waals surface area contributed by atoms with Crippen molar-refractivity contribution >= 4 is 34.9 Å². The van der Waals surface area contributed by atoms with Crippen molar-refractivity contribution in [3.63, 3.8) is 0 Å². The van der Waals surface area contributed by atoms with E-state index in [1.165, 1.54) is 18.2 Å². The molecule has 1 saturated carbocycles. The Bertz CT molecular complexity index is 1450. The van der Waals surface area contributed by atoms with E-state index in [0.29, 0.717) is 56.8 Å². The van der Waals surface area contributed by atoms with Crippen molar-refractivity contribution < 1.29 is 22.8 Å². The van der Waals surface area contributed by atoms with Gasteiger partial charge in [-0.25, -0.2) is 18.2 Å². The molecule has 1 aromatic carbocycles. The number of halogens is 4. The van der Waals surface area contributed by atoms with Gasteiger partial charge in [0.15, 0.2) is 0 Å². The van der Waals surface area contributed by atoms with Crippen molar-refractivity contribution in [3.8, 4) is 0 Å². The predicted octanol–water partition coefficient (Wildman–Crippen LogP) is 4.70. The van der Waals surface area contributed by atoms with Gasteiger partial charge in [0.1, 0.15) is 22.7 Å². The van der Waals surface area contributed by atoms with Crippen molar-refractivity contribution in [3.05, 3.63) is 76.7 Å². The number of carbonyl (C=O) groups excluding carboxylic acids is 2. The van der Waals surface area contributed by atoms with Crippen LogP contribution in [0.5, 0.6) is 0 Å². The number of anilines is 2. The standard InChI is InChI=1S/C28H26ClF3N6O2/c29-17-9-20(24(25(31)32)35-11-17)26(39)36-19-4-1-16(2-5-19)13-38-22-10-18(30)3-6-21(22)28(27(38)40)14-37(15-28)23-12-33-7-8-34-23/h3,6-12,16,19,25H,1-2,4-5,13-15H2,(H,36,39)/t16-,19-. The van der Waals surface area contributed by atoms with Crippen molar-refractivity contribution in [1.82, 2.24) is 20.3 Å². The maximum atomic E-state index is 14.3. The predicted molar refractivity (Wildman–Crippen MR) is 142 cm³/mol. The van der Waals surface area contributed by atoms with Gasteiger partial charge in [0.25, 0.3) is 12.3 Å². The van der Waals surface area contributed by atoms with Gasteiger partial charge in [-0.1, -0.05) is 17.7 Å². The number of pyridine rings is 1. The molecule has 0 atom stereocenters. The van der Waals surface area contributed by atoms with E-state index in [-0.39, 0.29) is 28.5 Å². The van der Waals surface area contributed by atoms with E-state index in [9.17, 15) is 22.8 Å². The summed E-state index contributed by atoms with van der Waals surface area (Å²) in [5, 5.41) is 2.94. The van der Waals surface area contributed by atoms with Crippen LogP contribution in [0.15, 0.2) is 49.1 Å². The van der Waals surface area contributed by atoms with Crippen LogP contribution in [0, 0.1) is 11.7 Å². The minimum absolute atomic E-state index is 0.0448. The summed E-state index contributed by atoms with van der Waals surface area (Å²) >= 11 is 5.89. The van der Waals surface area contributed by atoms with Crippen LogP contribution in [0.25, 0.3) is 0 Å². The van der Waals surface area contributed by atoms with Crippen LogP contribution in [-0.4, -0.2) is 52.4 Å². The van der Waals surface area contributed by atoms with Gasteiger partial charge in [-0.15, -0.1) is 0 Å². The van der Waals surface area contributed by atoms with Gasteiger partial charge >= 0.3 is 0 Å². The Balaban J connectivity index is 1.11. The summed E-state index contributed by atoms with van der Waals surface area (Å²) in [6, 6.07) is 5.53. The minimum Gasteiger partial charge on any atom is -0.352 e. The first-order chi connectivity index (χ1) is 19.2. The van der Waals surface area contributed by atoms with Crippen molar-refractivity contribution in [2.75, 3.05) is 29.4 Å². The molecule has 1 spiro atoms. The molecule has 3 aromatic rings. The lowest BCUT2D eigenvalue weighted by atomic mass is 9.74. The van der Waals surface area contributed by atoms with Gasteiger partial charge in [0.2, 0.25) is 5.91 Å². The summed E-state index contributed by atoms with van der Waals surface area (Å²) in [5.41, 5.74) is -0.152. The number of amides is 2. The summed E-state index contributed by atoms with van der Waals surface area (Å²) < 4.78 is 41.0. The van der Waals surface area contributed by atoms with Crippen LogP contribution in [0.1, 0.15) is 53.7 Å². The van der Waals surface area contributed by atoms with Gasteiger partial charge in [-0.05, 0) is 55.4 Å². The lowest BCUT2D eigenvalue weighted by Crippen LogP contribution is -2.64. The van der Waals surface area contributed by atoms with E-state index < -0.39 is 29.3 Å². The number of fused-ring (bicyclic) bond motifs is 2. The lowest BCUT2D eigenvalue weighted by Gasteiger charge is -2.47. The second-order valence-corrected chi connectivity index (χ2v) is 11.1. The number of hydrogen-bond acceptors (Lipinski definition) is 6. The summed E-state index contributed by atoms with van der Waals surface area (Å²) in [6.45, 7) is 1.32. The number of benzene rings is 1. The number of nitrogens with one attached hydrogen (secondary N) is 1. The minimum atomic E-state index is -2.90. The number of hydrogen-bond donors (Lipinski definition) is 1. The molecule has 2 aliphatic heterocycles. The molecule has 208 valence electrons. The first-order valence-electron chi connectivity index (χ1n) is 13.1. The Hall–Kier alpha value is -3.73. The van der Waals surface area contributed by atoms with E-state index in [1.807, 2.05) is 4.90 Å². The van der Waals surface area contributed by atoms with Crippen LogP contribution >= 0.6 is 11.6 Å². The van der Waals surface area contributed by atoms with Crippen molar-refractivity contribution in [2.45, 2.75) is 43.6 Å². The molecular weight excluding hydrogens is 545 g/mol. The maximum absolute atomic E-state index is 14.3. The normalized spacial score (nSPS) is 21.5. The quantitative estimate of drug-likeness (QED) is 0.462. The molecule has 1 aliphatic carbocycles. The Morgan fingerprint density at radius 2 is 1.88 bits per heavy atom. The van der Waals surface area contributed by atoms with Crippen LogP contribution in [0.2, 0.25) is 5.02 Å². The molecule has 2 amide bonds. The van der Waals surface area contributed by atoms with Gasteiger partial charge in [0.05, 0.1) is 22.5 Å². The highest BCUT2D eigenvalue weighted by Gasteiger charge is 2.58. The molecule has 8 nitrogen and oxygen atoms in total. The molecular formula is C28H26ClF3N6O2. The largest absolute Gasteiger partial charge is 0.352 e. The van der Waals surface area contributed by atoms with Crippen LogP contribution < -0.4 is 15.1 Å². The van der Waals surface area contributed by atoms with Gasteiger partial charge in [0, 0.05) is 44.3 Å². The van der Waals surface area contributed by atoms with Crippen LogP contribution in [0.3, 0.4) is 0 Å². The molecule has 0 unspecified atom stereocenters. The first-order valence-corrected chi connectivity index (χ1v) is 13.5. The highest BCUT2D eigenvalue weighted by Crippen LogP contribution is 2.49. The van der Waals surface area contributed by atoms with E-state index in [2.05, 4.69) is 20.3 Å². The van der Waals surface area contributed by atoms with Crippen molar-refractivity contribution in [2.24, 2.45) is 5.92 Å². The molecule has 2 fully saturated rings. The molecule has 1 saturated heterocycles. The molecule has 4 heterocycles. The SMILES string of the molecule is O=C(N[C@H]1CC[C@H](CN2C(=O)C3(CN(c4cnccn4)C3)c3ccc(F)cc32)CC1)c1cc(Cl)cnc1C(F)F. The van der Waals surface area contributed by atoms with E-state index in [4.69, 9.17) is 11.6 Å². The van der Waals surface area contributed by atoms with Gasteiger partial charge < -0.3 is 15.1 Å². The van der Waals surface area contributed by atoms with E-state index in [0.717, 1.165) is 11.8 Å². The molecule has 12 heteroatoms. The molecule has 0 radical (unpaired) electrons. The number of nitrogens with zero attached hydrogens (tertiary/aromatic N) is 5. The average molecular weight is 571 g/mol. The molecule has 40 heavy (non-hydrogen) atoms. The highest BCUT2D eigenvalue weighted by atomic mass is 35.5. The van der Waals surface area contributed by atoms with E-state index >= 15 is 0 Å².